The number of nitrogens with zero attached hydrogens (tertiary/aromatic N) is 1. The Kier molecular flexibility index (Phi) is 8.20. The van der Waals surface area contributed by atoms with Crippen LogP contribution >= 0.6 is 0 Å². The fourth-order valence-corrected chi connectivity index (χ4v) is 3.34. The van der Waals surface area contributed by atoms with E-state index in [1.165, 1.54) is 17.0 Å². The van der Waals surface area contributed by atoms with Crippen molar-refractivity contribution in [1.29, 1.82) is 0 Å². The molecule has 0 unspecified atom stereocenters. The fourth-order valence-electron chi connectivity index (χ4n) is 3.34. The summed E-state index contributed by atoms with van der Waals surface area (Å²) in [6, 6.07) is 11.0. The molecule has 31 heavy (non-hydrogen) atoms. The number of aryl methyl sites for hydroxylation is 2. The molecule has 0 fully saturated rings. The van der Waals surface area contributed by atoms with Gasteiger partial charge in [0, 0.05) is 12.1 Å². The van der Waals surface area contributed by atoms with Gasteiger partial charge in [-0.3, -0.25) is 9.59 Å². The van der Waals surface area contributed by atoms with Crippen molar-refractivity contribution in [3.05, 3.63) is 65.0 Å². The van der Waals surface area contributed by atoms with Crippen molar-refractivity contribution in [2.45, 2.75) is 66.1 Å². The van der Waals surface area contributed by atoms with Crippen LogP contribution in [-0.2, 0) is 16.1 Å². The molecule has 0 spiro atoms. The third-order valence-electron chi connectivity index (χ3n) is 4.83. The summed E-state index contributed by atoms with van der Waals surface area (Å²) in [4.78, 5) is 27.6. The summed E-state index contributed by atoms with van der Waals surface area (Å²) in [5, 5.41) is 2.96. The van der Waals surface area contributed by atoms with Crippen molar-refractivity contribution in [1.82, 2.24) is 10.2 Å². The molecule has 5 nitrogen and oxygen atoms in total. The quantitative estimate of drug-likeness (QED) is 0.671. The minimum atomic E-state index is -0.667. The average Bonchev–Trinajstić information content (AvgIpc) is 2.67. The molecule has 0 aliphatic rings. The van der Waals surface area contributed by atoms with Crippen molar-refractivity contribution in [3.63, 3.8) is 0 Å². The lowest BCUT2D eigenvalue weighted by molar-refractivity contribution is -0.143. The van der Waals surface area contributed by atoms with Crippen LogP contribution in [0.5, 0.6) is 5.75 Å². The van der Waals surface area contributed by atoms with Gasteiger partial charge in [0.2, 0.25) is 5.91 Å². The van der Waals surface area contributed by atoms with Crippen molar-refractivity contribution in [2.24, 2.45) is 0 Å². The van der Waals surface area contributed by atoms with Gasteiger partial charge in [-0.05, 0) is 70.4 Å². The van der Waals surface area contributed by atoms with E-state index in [-0.39, 0.29) is 30.8 Å². The lowest BCUT2D eigenvalue weighted by Crippen LogP contribution is -2.54. The van der Waals surface area contributed by atoms with Gasteiger partial charge in [0.1, 0.15) is 17.6 Å². The molecule has 0 heterocycles. The number of nitrogens with one attached hydrogen (secondary N) is 1. The summed E-state index contributed by atoms with van der Waals surface area (Å²) in [6.07, 6.45) is 0.443. The average molecular weight is 429 g/mol. The second-order valence-electron chi connectivity index (χ2n) is 8.87. The number of hydrogen-bond donors (Lipinski definition) is 1. The molecule has 0 aromatic heterocycles. The van der Waals surface area contributed by atoms with Crippen molar-refractivity contribution in [2.75, 3.05) is 6.61 Å². The van der Waals surface area contributed by atoms with Gasteiger partial charge in [0.25, 0.3) is 5.91 Å². The van der Waals surface area contributed by atoms with Gasteiger partial charge >= 0.3 is 0 Å². The Balaban J connectivity index is 2.24. The molecule has 168 valence electrons. The molecule has 0 saturated carbocycles. The van der Waals surface area contributed by atoms with Crippen LogP contribution in [0.25, 0.3) is 0 Å². The van der Waals surface area contributed by atoms with Gasteiger partial charge < -0.3 is 15.0 Å². The zero-order valence-corrected chi connectivity index (χ0v) is 19.3. The van der Waals surface area contributed by atoms with Crippen molar-refractivity contribution >= 4 is 11.8 Å². The molecule has 1 atom stereocenters. The van der Waals surface area contributed by atoms with E-state index in [1.54, 1.807) is 12.1 Å². The van der Waals surface area contributed by atoms with E-state index in [2.05, 4.69) is 5.32 Å². The first-order valence-electron chi connectivity index (χ1n) is 10.6. The summed E-state index contributed by atoms with van der Waals surface area (Å²) in [6.45, 7) is 11.5. The highest BCUT2D eigenvalue weighted by Gasteiger charge is 2.31. The second kappa shape index (κ2) is 10.4. The predicted octanol–water partition coefficient (Wildman–Crippen LogP) is 4.54. The van der Waals surface area contributed by atoms with E-state index >= 15 is 0 Å². The molecule has 0 radical (unpaired) electrons. The third-order valence-corrected chi connectivity index (χ3v) is 4.83. The molecule has 6 heteroatoms. The maximum Gasteiger partial charge on any atom is 0.261 e. The van der Waals surface area contributed by atoms with E-state index in [4.69, 9.17) is 4.74 Å². The van der Waals surface area contributed by atoms with Crippen LogP contribution in [0.15, 0.2) is 42.5 Å². The van der Waals surface area contributed by atoms with Gasteiger partial charge in [-0.15, -0.1) is 0 Å². The zero-order valence-electron chi connectivity index (χ0n) is 19.3. The summed E-state index contributed by atoms with van der Waals surface area (Å²) in [7, 11) is 0. The fraction of sp³-hybridized carbons (Fsp3) is 0.440. The molecule has 2 aromatic rings. The minimum absolute atomic E-state index is 0.186. The first-order valence-corrected chi connectivity index (χ1v) is 10.6. The zero-order chi connectivity index (χ0) is 23.2. The number of rotatable bonds is 8. The van der Waals surface area contributed by atoms with Crippen molar-refractivity contribution in [3.8, 4) is 5.75 Å². The highest BCUT2D eigenvalue weighted by atomic mass is 19.1. The Hall–Kier alpha value is -2.89. The van der Waals surface area contributed by atoms with Crippen LogP contribution < -0.4 is 10.1 Å². The standard InChI is InChI=1S/C25H33FN2O3/c1-7-21(24(30)27-25(4,5)6)28(15-19-9-11-20(26)12-10-19)23(29)16-31-22-13-8-17(2)14-18(22)3/h8-14,21H,7,15-16H2,1-6H3,(H,27,30)/t21-/m1/s1. The van der Waals surface area contributed by atoms with E-state index in [1.807, 2.05) is 59.7 Å². The summed E-state index contributed by atoms with van der Waals surface area (Å²) >= 11 is 0. The smallest absolute Gasteiger partial charge is 0.261 e. The SMILES string of the molecule is CC[C@H](C(=O)NC(C)(C)C)N(Cc1ccc(F)cc1)C(=O)COc1ccc(C)cc1C. The Morgan fingerprint density at radius 1 is 1.10 bits per heavy atom. The monoisotopic (exact) mass is 428 g/mol. The lowest BCUT2D eigenvalue weighted by atomic mass is 10.1. The van der Waals surface area contributed by atoms with E-state index in [9.17, 15) is 14.0 Å². The molecular weight excluding hydrogens is 395 g/mol. The second-order valence-corrected chi connectivity index (χ2v) is 8.87. The van der Waals surface area contributed by atoms with Gasteiger partial charge in [-0.1, -0.05) is 36.8 Å². The van der Waals surface area contributed by atoms with E-state index in [0.717, 1.165) is 16.7 Å². The maximum absolute atomic E-state index is 13.3. The molecule has 0 saturated heterocycles. The number of ether oxygens (including phenoxy) is 1. The number of carbonyl (C=O) groups excluding carboxylic acids is 2. The summed E-state index contributed by atoms with van der Waals surface area (Å²) in [5.41, 5.74) is 2.36. The molecule has 1 N–H and O–H groups in total. The first kappa shape index (κ1) is 24.4. The van der Waals surface area contributed by atoms with Crippen LogP contribution in [0.3, 0.4) is 0 Å². The molecule has 2 amide bonds. The molecule has 0 aliphatic carbocycles. The summed E-state index contributed by atoms with van der Waals surface area (Å²) < 4.78 is 19.1. The number of benzene rings is 2. The van der Waals surface area contributed by atoms with Crippen molar-refractivity contribution < 1.29 is 18.7 Å². The number of carbonyl (C=O) groups is 2. The topological polar surface area (TPSA) is 58.6 Å². The van der Waals surface area contributed by atoms with Crippen LogP contribution in [0.4, 0.5) is 4.39 Å². The molecule has 2 aromatic carbocycles. The highest BCUT2D eigenvalue weighted by Crippen LogP contribution is 2.20. The van der Waals surface area contributed by atoms with E-state index in [0.29, 0.717) is 12.2 Å². The van der Waals surface area contributed by atoms with Gasteiger partial charge in [0.15, 0.2) is 6.61 Å². The largest absolute Gasteiger partial charge is 0.483 e. The molecule has 0 bridgehead atoms. The Morgan fingerprint density at radius 2 is 1.74 bits per heavy atom. The molecular formula is C25H33FN2O3. The van der Waals surface area contributed by atoms with E-state index < -0.39 is 11.6 Å². The van der Waals surface area contributed by atoms with Gasteiger partial charge in [-0.2, -0.15) is 0 Å². The van der Waals surface area contributed by atoms with Gasteiger partial charge in [0.05, 0.1) is 0 Å². The summed E-state index contributed by atoms with van der Waals surface area (Å²) in [5.74, 6) is -0.248. The van der Waals surface area contributed by atoms with Crippen LogP contribution in [0.1, 0.15) is 50.8 Å². The molecule has 0 aliphatic heterocycles. The maximum atomic E-state index is 13.3. The molecule has 2 rings (SSSR count). The normalized spacial score (nSPS) is 12.2. The third kappa shape index (κ3) is 7.39. The Morgan fingerprint density at radius 3 is 2.29 bits per heavy atom. The van der Waals surface area contributed by atoms with Crippen LogP contribution in [0, 0.1) is 19.7 Å². The first-order chi connectivity index (χ1) is 14.5. The van der Waals surface area contributed by atoms with Crippen LogP contribution in [-0.4, -0.2) is 34.9 Å². The predicted molar refractivity (Wildman–Crippen MR) is 120 cm³/mol. The number of hydrogen-bond acceptors (Lipinski definition) is 3. The number of amides is 2. The Bertz CT molecular complexity index is 904. The van der Waals surface area contributed by atoms with Gasteiger partial charge in [-0.25, -0.2) is 4.39 Å². The highest BCUT2D eigenvalue weighted by molar-refractivity contribution is 5.88. The van der Waals surface area contributed by atoms with Crippen LogP contribution in [0.2, 0.25) is 0 Å². The number of halogens is 1. The minimum Gasteiger partial charge on any atom is -0.483 e. The Labute approximate surface area is 184 Å². The lowest BCUT2D eigenvalue weighted by Gasteiger charge is -2.33.